The Kier molecular flexibility index (Phi) is 4.23. The van der Waals surface area contributed by atoms with E-state index in [-0.39, 0.29) is 0 Å². The van der Waals surface area contributed by atoms with Crippen LogP contribution in [0.25, 0.3) is 0 Å². The van der Waals surface area contributed by atoms with Gasteiger partial charge in [-0.15, -0.1) is 0 Å². The zero-order chi connectivity index (χ0) is 13.8. The fraction of sp³-hybridized carbons (Fsp3) is 0.294. The Morgan fingerprint density at radius 1 is 0.947 bits per heavy atom. The van der Waals surface area contributed by atoms with Crippen LogP contribution in [0.5, 0.6) is 0 Å². The molecule has 100 valence electrons. The van der Waals surface area contributed by atoms with Gasteiger partial charge in [-0.05, 0) is 36.6 Å². The Balaban J connectivity index is 2.15. The number of benzene rings is 2. The van der Waals surface area contributed by atoms with Crippen molar-refractivity contribution in [2.45, 2.75) is 26.9 Å². The van der Waals surface area contributed by atoms with E-state index in [1.807, 2.05) is 0 Å². The van der Waals surface area contributed by atoms with E-state index in [1.165, 1.54) is 27.9 Å². The highest BCUT2D eigenvalue weighted by molar-refractivity contribution is 5.54. The van der Waals surface area contributed by atoms with Crippen LogP contribution in [-0.2, 0) is 13.1 Å². The normalized spacial score (nSPS) is 10.5. The van der Waals surface area contributed by atoms with Gasteiger partial charge in [-0.25, -0.2) is 0 Å². The zero-order valence-corrected chi connectivity index (χ0v) is 12.0. The molecule has 2 nitrogen and oxygen atoms in total. The van der Waals surface area contributed by atoms with Crippen molar-refractivity contribution in [3.05, 3.63) is 64.7 Å². The first-order valence-electron chi connectivity index (χ1n) is 6.66. The molecular weight excluding hydrogens is 232 g/mol. The largest absolute Gasteiger partial charge is 0.370 e. The third-order valence-electron chi connectivity index (χ3n) is 3.45. The first kappa shape index (κ1) is 13.6. The molecule has 0 unspecified atom stereocenters. The molecule has 0 saturated heterocycles. The molecule has 0 aromatic heterocycles. The Morgan fingerprint density at radius 2 is 1.58 bits per heavy atom. The molecule has 2 aromatic rings. The van der Waals surface area contributed by atoms with Crippen molar-refractivity contribution in [2.24, 2.45) is 5.73 Å². The van der Waals surface area contributed by atoms with Gasteiger partial charge in [0.15, 0.2) is 0 Å². The smallest absolute Gasteiger partial charge is 0.0426 e. The molecule has 0 aliphatic heterocycles. The van der Waals surface area contributed by atoms with E-state index in [9.17, 15) is 0 Å². The number of anilines is 1. The lowest BCUT2D eigenvalue weighted by molar-refractivity contribution is 0.914. The first-order valence-corrected chi connectivity index (χ1v) is 6.66. The summed E-state index contributed by atoms with van der Waals surface area (Å²) < 4.78 is 0. The molecule has 0 amide bonds. The number of rotatable bonds is 4. The Bertz CT molecular complexity index is 544. The predicted octanol–water partition coefficient (Wildman–Crippen LogP) is 3.40. The van der Waals surface area contributed by atoms with Gasteiger partial charge >= 0.3 is 0 Å². The number of hydrogen-bond acceptors (Lipinski definition) is 2. The van der Waals surface area contributed by atoms with E-state index in [0.29, 0.717) is 6.54 Å². The highest BCUT2D eigenvalue weighted by atomic mass is 15.1. The van der Waals surface area contributed by atoms with Gasteiger partial charge in [-0.1, -0.05) is 42.0 Å². The minimum Gasteiger partial charge on any atom is -0.370 e. The maximum atomic E-state index is 5.67. The van der Waals surface area contributed by atoms with Crippen LogP contribution in [0.15, 0.2) is 42.5 Å². The van der Waals surface area contributed by atoms with Crippen molar-refractivity contribution >= 4 is 5.69 Å². The van der Waals surface area contributed by atoms with Crippen LogP contribution in [0.2, 0.25) is 0 Å². The number of aryl methyl sites for hydroxylation is 2. The van der Waals surface area contributed by atoms with Crippen LogP contribution in [-0.4, -0.2) is 7.05 Å². The van der Waals surface area contributed by atoms with E-state index >= 15 is 0 Å². The summed E-state index contributed by atoms with van der Waals surface area (Å²) in [6, 6.07) is 15.1. The summed E-state index contributed by atoms with van der Waals surface area (Å²) in [5, 5.41) is 0. The lowest BCUT2D eigenvalue weighted by Gasteiger charge is -2.22. The molecule has 0 heterocycles. The second-order valence-electron chi connectivity index (χ2n) is 5.17. The average molecular weight is 254 g/mol. The van der Waals surface area contributed by atoms with Crippen molar-refractivity contribution in [1.29, 1.82) is 0 Å². The molecule has 2 rings (SSSR count). The first-order chi connectivity index (χ1) is 9.10. The summed E-state index contributed by atoms with van der Waals surface area (Å²) in [6.45, 7) is 5.77. The molecule has 0 bridgehead atoms. The summed E-state index contributed by atoms with van der Waals surface area (Å²) in [4.78, 5) is 2.28. The van der Waals surface area contributed by atoms with Gasteiger partial charge in [0.2, 0.25) is 0 Å². The van der Waals surface area contributed by atoms with Crippen LogP contribution in [0, 0.1) is 13.8 Å². The third kappa shape index (κ3) is 3.36. The van der Waals surface area contributed by atoms with Gasteiger partial charge in [-0.2, -0.15) is 0 Å². The summed E-state index contributed by atoms with van der Waals surface area (Å²) >= 11 is 0. The fourth-order valence-corrected chi connectivity index (χ4v) is 2.33. The number of hydrogen-bond donors (Lipinski definition) is 1. The minimum atomic E-state index is 0.600. The molecule has 0 aliphatic rings. The van der Waals surface area contributed by atoms with Crippen LogP contribution >= 0.6 is 0 Å². The Labute approximate surface area is 115 Å². The minimum absolute atomic E-state index is 0.600. The van der Waals surface area contributed by atoms with E-state index in [1.54, 1.807) is 0 Å². The molecule has 2 heteroatoms. The standard InChI is InChI=1S/C17H22N2/c1-13-4-6-15(7-5-13)12-19(3)17-9-8-16(11-18)10-14(17)2/h4-10H,11-12,18H2,1-3H3. The van der Waals surface area contributed by atoms with Crippen LogP contribution in [0.4, 0.5) is 5.69 Å². The topological polar surface area (TPSA) is 29.3 Å². The van der Waals surface area contributed by atoms with Gasteiger partial charge in [0.05, 0.1) is 0 Å². The van der Waals surface area contributed by atoms with Crippen molar-refractivity contribution < 1.29 is 0 Å². The Morgan fingerprint density at radius 3 is 2.16 bits per heavy atom. The molecular formula is C17H22N2. The zero-order valence-electron chi connectivity index (χ0n) is 12.0. The lowest BCUT2D eigenvalue weighted by Crippen LogP contribution is -2.17. The maximum absolute atomic E-state index is 5.67. The van der Waals surface area contributed by atoms with Crippen molar-refractivity contribution in [3.63, 3.8) is 0 Å². The van der Waals surface area contributed by atoms with Crippen LogP contribution in [0.3, 0.4) is 0 Å². The van der Waals surface area contributed by atoms with Crippen molar-refractivity contribution in [3.8, 4) is 0 Å². The van der Waals surface area contributed by atoms with Crippen molar-refractivity contribution in [2.75, 3.05) is 11.9 Å². The molecule has 0 spiro atoms. The predicted molar refractivity (Wildman–Crippen MR) is 82.4 cm³/mol. The summed E-state index contributed by atoms with van der Waals surface area (Å²) in [7, 11) is 2.13. The average Bonchev–Trinajstić information content (AvgIpc) is 2.41. The maximum Gasteiger partial charge on any atom is 0.0426 e. The quantitative estimate of drug-likeness (QED) is 0.906. The van der Waals surface area contributed by atoms with Gasteiger partial charge < -0.3 is 10.6 Å². The number of nitrogens with two attached hydrogens (primary N) is 1. The van der Waals surface area contributed by atoms with Gasteiger partial charge in [0.1, 0.15) is 0 Å². The van der Waals surface area contributed by atoms with E-state index in [0.717, 1.165) is 6.54 Å². The molecule has 0 fully saturated rings. The molecule has 19 heavy (non-hydrogen) atoms. The van der Waals surface area contributed by atoms with E-state index in [4.69, 9.17) is 5.73 Å². The molecule has 0 saturated carbocycles. The third-order valence-corrected chi connectivity index (χ3v) is 3.45. The second-order valence-corrected chi connectivity index (χ2v) is 5.17. The van der Waals surface area contributed by atoms with Crippen LogP contribution < -0.4 is 10.6 Å². The highest BCUT2D eigenvalue weighted by Crippen LogP contribution is 2.21. The highest BCUT2D eigenvalue weighted by Gasteiger charge is 2.06. The second kappa shape index (κ2) is 5.89. The molecule has 0 aliphatic carbocycles. The molecule has 0 radical (unpaired) electrons. The van der Waals surface area contributed by atoms with E-state index < -0.39 is 0 Å². The summed E-state index contributed by atoms with van der Waals surface area (Å²) in [5.41, 5.74) is 12.0. The molecule has 0 atom stereocenters. The summed E-state index contributed by atoms with van der Waals surface area (Å²) in [5.74, 6) is 0. The molecule has 2 aromatic carbocycles. The van der Waals surface area contributed by atoms with Crippen molar-refractivity contribution in [1.82, 2.24) is 0 Å². The lowest BCUT2D eigenvalue weighted by atomic mass is 10.1. The number of nitrogens with zero attached hydrogens (tertiary/aromatic N) is 1. The SMILES string of the molecule is Cc1ccc(CN(C)c2ccc(CN)cc2C)cc1. The van der Waals surface area contributed by atoms with Gasteiger partial charge in [-0.3, -0.25) is 0 Å². The van der Waals surface area contributed by atoms with Gasteiger partial charge in [0.25, 0.3) is 0 Å². The fourth-order valence-electron chi connectivity index (χ4n) is 2.33. The Hall–Kier alpha value is -1.80. The summed E-state index contributed by atoms with van der Waals surface area (Å²) in [6.07, 6.45) is 0. The monoisotopic (exact) mass is 254 g/mol. The van der Waals surface area contributed by atoms with Crippen LogP contribution in [0.1, 0.15) is 22.3 Å². The van der Waals surface area contributed by atoms with E-state index in [2.05, 4.69) is 68.3 Å². The van der Waals surface area contributed by atoms with Gasteiger partial charge in [0, 0.05) is 25.8 Å². The molecule has 2 N–H and O–H groups in total.